The number of hydrogen-bond donors (Lipinski definition) is 1. The lowest BCUT2D eigenvalue weighted by atomic mass is 10.0. The first kappa shape index (κ1) is 13.1. The summed E-state index contributed by atoms with van der Waals surface area (Å²) < 4.78 is 4.78. The number of nitrogens with one attached hydrogen (secondary N) is 1. The van der Waals surface area contributed by atoms with Crippen LogP contribution in [0.4, 0.5) is 0 Å². The molecule has 0 radical (unpaired) electrons. The van der Waals surface area contributed by atoms with Gasteiger partial charge in [-0.1, -0.05) is 31.2 Å². The van der Waals surface area contributed by atoms with Crippen molar-refractivity contribution in [3.8, 4) is 0 Å². The standard InChI is InChI=1S/C15H21NO2/c1-10(15(17)18-3)11(2)16-14-8-12-6-4-5-7-13(12)9-14/h4-7,10-11,14,16H,8-9H2,1-3H3. The molecule has 0 spiro atoms. The van der Waals surface area contributed by atoms with Gasteiger partial charge in [0, 0.05) is 12.1 Å². The Hall–Kier alpha value is -1.35. The Labute approximate surface area is 109 Å². The first-order valence-electron chi connectivity index (χ1n) is 6.52. The molecule has 0 heterocycles. The summed E-state index contributed by atoms with van der Waals surface area (Å²) in [7, 11) is 1.44. The highest BCUT2D eigenvalue weighted by atomic mass is 16.5. The zero-order chi connectivity index (χ0) is 13.1. The predicted octanol–water partition coefficient (Wildman–Crippen LogP) is 1.94. The van der Waals surface area contributed by atoms with Gasteiger partial charge in [-0.3, -0.25) is 4.79 Å². The van der Waals surface area contributed by atoms with E-state index in [4.69, 9.17) is 4.74 Å². The fourth-order valence-corrected chi connectivity index (χ4v) is 2.58. The van der Waals surface area contributed by atoms with Crippen LogP contribution >= 0.6 is 0 Å². The smallest absolute Gasteiger partial charge is 0.309 e. The molecule has 3 heteroatoms. The van der Waals surface area contributed by atoms with E-state index in [2.05, 4.69) is 29.6 Å². The molecule has 18 heavy (non-hydrogen) atoms. The van der Waals surface area contributed by atoms with E-state index in [9.17, 15) is 4.79 Å². The second-order valence-electron chi connectivity index (χ2n) is 5.14. The molecule has 0 amide bonds. The van der Waals surface area contributed by atoms with Crippen molar-refractivity contribution in [2.75, 3.05) is 7.11 Å². The molecule has 0 fully saturated rings. The summed E-state index contributed by atoms with van der Waals surface area (Å²) in [5, 5.41) is 3.54. The Morgan fingerprint density at radius 1 is 1.28 bits per heavy atom. The van der Waals surface area contributed by atoms with Crippen LogP contribution in [-0.2, 0) is 22.4 Å². The van der Waals surface area contributed by atoms with Crippen molar-refractivity contribution < 1.29 is 9.53 Å². The van der Waals surface area contributed by atoms with Crippen LogP contribution in [0.1, 0.15) is 25.0 Å². The van der Waals surface area contributed by atoms with Gasteiger partial charge in [0.25, 0.3) is 0 Å². The number of benzene rings is 1. The Bertz CT molecular complexity index is 405. The van der Waals surface area contributed by atoms with Crippen LogP contribution < -0.4 is 5.32 Å². The number of carbonyl (C=O) groups is 1. The van der Waals surface area contributed by atoms with Crippen molar-refractivity contribution in [1.82, 2.24) is 5.32 Å². The maximum atomic E-state index is 11.5. The van der Waals surface area contributed by atoms with Gasteiger partial charge in [-0.2, -0.15) is 0 Å². The van der Waals surface area contributed by atoms with E-state index >= 15 is 0 Å². The zero-order valence-electron chi connectivity index (χ0n) is 11.3. The van der Waals surface area contributed by atoms with Gasteiger partial charge >= 0.3 is 5.97 Å². The quantitative estimate of drug-likeness (QED) is 0.826. The second kappa shape index (κ2) is 5.53. The third kappa shape index (κ3) is 2.72. The number of hydrogen-bond acceptors (Lipinski definition) is 3. The van der Waals surface area contributed by atoms with Crippen molar-refractivity contribution in [2.24, 2.45) is 5.92 Å². The van der Waals surface area contributed by atoms with Gasteiger partial charge in [-0.25, -0.2) is 0 Å². The molecule has 0 aromatic heterocycles. The predicted molar refractivity (Wildman–Crippen MR) is 71.4 cm³/mol. The zero-order valence-corrected chi connectivity index (χ0v) is 11.3. The highest BCUT2D eigenvalue weighted by molar-refractivity contribution is 5.72. The lowest BCUT2D eigenvalue weighted by Crippen LogP contribution is -2.43. The summed E-state index contributed by atoms with van der Waals surface area (Å²) in [6, 6.07) is 9.11. The van der Waals surface area contributed by atoms with E-state index in [1.165, 1.54) is 18.2 Å². The van der Waals surface area contributed by atoms with Gasteiger partial charge in [0.15, 0.2) is 0 Å². The third-order valence-corrected chi connectivity index (χ3v) is 3.87. The van der Waals surface area contributed by atoms with Crippen molar-refractivity contribution >= 4 is 5.97 Å². The van der Waals surface area contributed by atoms with Gasteiger partial charge in [-0.05, 0) is 30.9 Å². The number of methoxy groups -OCH3 is 1. The molecule has 98 valence electrons. The van der Waals surface area contributed by atoms with E-state index in [1.54, 1.807) is 0 Å². The Kier molecular flexibility index (Phi) is 4.02. The highest BCUT2D eigenvalue weighted by Crippen LogP contribution is 2.22. The van der Waals surface area contributed by atoms with Gasteiger partial charge in [0.2, 0.25) is 0 Å². The lowest BCUT2D eigenvalue weighted by molar-refractivity contribution is -0.145. The second-order valence-corrected chi connectivity index (χ2v) is 5.14. The van der Waals surface area contributed by atoms with Gasteiger partial charge < -0.3 is 10.1 Å². The molecule has 2 unspecified atom stereocenters. The molecule has 1 N–H and O–H groups in total. The lowest BCUT2D eigenvalue weighted by Gasteiger charge is -2.23. The Morgan fingerprint density at radius 2 is 1.83 bits per heavy atom. The summed E-state index contributed by atoms with van der Waals surface area (Å²) in [6.07, 6.45) is 2.10. The summed E-state index contributed by atoms with van der Waals surface area (Å²) >= 11 is 0. The molecular weight excluding hydrogens is 226 g/mol. The average Bonchev–Trinajstić information content (AvgIpc) is 2.78. The molecule has 0 bridgehead atoms. The largest absolute Gasteiger partial charge is 0.469 e. The van der Waals surface area contributed by atoms with Crippen LogP contribution in [0, 0.1) is 5.92 Å². The van der Waals surface area contributed by atoms with E-state index in [1.807, 2.05) is 13.8 Å². The van der Waals surface area contributed by atoms with E-state index in [0.717, 1.165) is 12.8 Å². The molecule has 1 aliphatic rings. The Morgan fingerprint density at radius 3 is 2.33 bits per heavy atom. The average molecular weight is 247 g/mol. The van der Waals surface area contributed by atoms with E-state index in [0.29, 0.717) is 6.04 Å². The first-order chi connectivity index (χ1) is 8.61. The highest BCUT2D eigenvalue weighted by Gasteiger charge is 2.26. The number of ether oxygens (including phenoxy) is 1. The topological polar surface area (TPSA) is 38.3 Å². The molecule has 1 aromatic rings. The minimum atomic E-state index is -0.148. The van der Waals surface area contributed by atoms with Crippen LogP contribution in [0.2, 0.25) is 0 Å². The van der Waals surface area contributed by atoms with E-state index in [-0.39, 0.29) is 17.9 Å². The van der Waals surface area contributed by atoms with Crippen molar-refractivity contribution in [2.45, 2.75) is 38.8 Å². The molecule has 0 aliphatic heterocycles. The maximum absolute atomic E-state index is 11.5. The molecular formula is C15H21NO2. The first-order valence-corrected chi connectivity index (χ1v) is 6.52. The van der Waals surface area contributed by atoms with Gasteiger partial charge in [-0.15, -0.1) is 0 Å². The maximum Gasteiger partial charge on any atom is 0.309 e. The number of carbonyl (C=O) groups excluding carboxylic acids is 1. The van der Waals surface area contributed by atoms with Crippen molar-refractivity contribution in [1.29, 1.82) is 0 Å². The van der Waals surface area contributed by atoms with Crippen LogP contribution in [-0.4, -0.2) is 25.2 Å². The number of fused-ring (bicyclic) bond motifs is 1. The monoisotopic (exact) mass is 247 g/mol. The fraction of sp³-hybridized carbons (Fsp3) is 0.533. The summed E-state index contributed by atoms with van der Waals surface area (Å²) in [4.78, 5) is 11.5. The summed E-state index contributed by atoms with van der Waals surface area (Å²) in [5.74, 6) is -0.260. The van der Waals surface area contributed by atoms with Crippen molar-refractivity contribution in [3.05, 3.63) is 35.4 Å². The number of esters is 1. The van der Waals surface area contributed by atoms with Crippen LogP contribution in [0.5, 0.6) is 0 Å². The molecule has 0 saturated heterocycles. The Balaban J connectivity index is 1.91. The summed E-state index contributed by atoms with van der Waals surface area (Å²) in [5.41, 5.74) is 2.85. The van der Waals surface area contributed by atoms with Gasteiger partial charge in [0.05, 0.1) is 13.0 Å². The van der Waals surface area contributed by atoms with Crippen LogP contribution in [0.3, 0.4) is 0 Å². The number of rotatable bonds is 4. The molecule has 2 atom stereocenters. The molecule has 1 aliphatic carbocycles. The molecule has 0 saturated carbocycles. The molecule has 3 nitrogen and oxygen atoms in total. The van der Waals surface area contributed by atoms with Crippen LogP contribution in [0.15, 0.2) is 24.3 Å². The van der Waals surface area contributed by atoms with Gasteiger partial charge in [0.1, 0.15) is 0 Å². The minimum Gasteiger partial charge on any atom is -0.469 e. The third-order valence-electron chi connectivity index (χ3n) is 3.87. The molecule has 2 rings (SSSR count). The van der Waals surface area contributed by atoms with Crippen molar-refractivity contribution in [3.63, 3.8) is 0 Å². The molecule has 1 aromatic carbocycles. The summed E-state index contributed by atoms with van der Waals surface area (Å²) in [6.45, 7) is 3.95. The van der Waals surface area contributed by atoms with Crippen LogP contribution in [0.25, 0.3) is 0 Å². The normalized spacial score (nSPS) is 18.2. The van der Waals surface area contributed by atoms with E-state index < -0.39 is 0 Å². The minimum absolute atomic E-state index is 0.112. The SMILES string of the molecule is COC(=O)C(C)C(C)NC1Cc2ccccc2C1. The fourth-order valence-electron chi connectivity index (χ4n) is 2.58.